The van der Waals surface area contributed by atoms with Crippen molar-refractivity contribution in [3.63, 3.8) is 0 Å². The van der Waals surface area contributed by atoms with E-state index in [0.29, 0.717) is 35.1 Å². The summed E-state index contributed by atoms with van der Waals surface area (Å²) in [5.41, 5.74) is 0.677. The Balaban J connectivity index is 1.59. The first kappa shape index (κ1) is 37.0. The molecule has 8 nitrogen and oxygen atoms in total. The smallest absolute Gasteiger partial charge is 0.402 e. The van der Waals surface area contributed by atoms with Gasteiger partial charge in [-0.1, -0.05) is 52.0 Å². The Bertz CT molecular complexity index is 1450. The molecule has 0 aromatic heterocycles. The number of carbonyl (C=O) groups is 3. The van der Waals surface area contributed by atoms with Crippen LogP contribution >= 0.6 is 0 Å². The molecule has 2 atom stereocenters. The molecule has 0 aliphatic carbocycles. The summed E-state index contributed by atoms with van der Waals surface area (Å²) >= 11 is 0. The number of Topliss-reactive ketones (excluding diaryl/α,β-unsaturated/α-hetero) is 1. The number of urea groups is 1. The van der Waals surface area contributed by atoms with Crippen molar-refractivity contribution in [2.75, 3.05) is 13.1 Å². The van der Waals surface area contributed by atoms with Gasteiger partial charge in [0.1, 0.15) is 17.7 Å². The number of carbonyl (C=O) groups excluding carboxylic acids is 3. The molecule has 2 heterocycles. The van der Waals surface area contributed by atoms with Crippen LogP contribution in [0.2, 0.25) is 0 Å². The molecule has 2 N–H and O–H groups in total. The Hall–Kier alpha value is -3.83. The maximum atomic E-state index is 13.9. The van der Waals surface area contributed by atoms with E-state index in [1.54, 1.807) is 36.4 Å². The minimum Gasteiger partial charge on any atom is -0.402 e. The molecule has 0 unspecified atom stereocenters. The molecule has 0 spiro atoms. The third-order valence-electron chi connectivity index (χ3n) is 8.99. The fourth-order valence-electron chi connectivity index (χ4n) is 5.73. The first-order chi connectivity index (χ1) is 22.4. The van der Waals surface area contributed by atoms with Crippen LogP contribution in [0.25, 0.3) is 12.2 Å². The zero-order chi connectivity index (χ0) is 35.4. The maximum absolute atomic E-state index is 13.9. The molecule has 0 saturated carbocycles. The van der Waals surface area contributed by atoms with Crippen LogP contribution in [0.4, 0.5) is 13.6 Å². The highest BCUT2D eigenvalue weighted by molar-refractivity contribution is 6.48. The summed E-state index contributed by atoms with van der Waals surface area (Å²) in [6.07, 6.45) is 4.23. The van der Waals surface area contributed by atoms with E-state index in [1.807, 2.05) is 41.5 Å². The van der Waals surface area contributed by atoms with E-state index in [2.05, 4.69) is 24.5 Å². The highest BCUT2D eigenvalue weighted by atomic mass is 19.1. The van der Waals surface area contributed by atoms with Crippen molar-refractivity contribution >= 4 is 37.0 Å². The van der Waals surface area contributed by atoms with Gasteiger partial charge in [0.2, 0.25) is 5.91 Å². The Labute approximate surface area is 283 Å². The highest BCUT2D eigenvalue weighted by Gasteiger charge is 2.54. The molecule has 258 valence electrons. The lowest BCUT2D eigenvalue weighted by molar-refractivity contribution is -0.124. The predicted octanol–water partition coefficient (Wildman–Crippen LogP) is 6.60. The average molecular weight is 664 g/mol. The Morgan fingerprint density at radius 2 is 1.23 bits per heavy atom. The zero-order valence-corrected chi connectivity index (χ0v) is 29.2. The summed E-state index contributed by atoms with van der Waals surface area (Å²) in [5.74, 6) is -1.59. The number of ketones is 1. The zero-order valence-electron chi connectivity index (χ0n) is 29.2. The van der Waals surface area contributed by atoms with Gasteiger partial charge in [-0.3, -0.25) is 9.59 Å². The van der Waals surface area contributed by atoms with Crippen molar-refractivity contribution in [2.45, 2.75) is 91.4 Å². The van der Waals surface area contributed by atoms with Gasteiger partial charge < -0.3 is 24.8 Å². The lowest BCUT2D eigenvalue weighted by atomic mass is 9.73. The molecule has 0 bridgehead atoms. The van der Waals surface area contributed by atoms with Crippen LogP contribution in [0, 0.1) is 23.5 Å². The van der Waals surface area contributed by atoms with Gasteiger partial charge in [-0.2, -0.15) is 0 Å². The van der Waals surface area contributed by atoms with Crippen molar-refractivity contribution in [1.82, 2.24) is 15.5 Å². The Kier molecular flexibility index (Phi) is 11.7. The van der Waals surface area contributed by atoms with Crippen LogP contribution < -0.4 is 10.6 Å². The van der Waals surface area contributed by atoms with Crippen molar-refractivity contribution in [2.24, 2.45) is 11.8 Å². The first-order valence-electron chi connectivity index (χ1n) is 16.6. The summed E-state index contributed by atoms with van der Waals surface area (Å²) in [5, 5.41) is 6.04. The number of piperidine rings is 1. The molecular formula is C37H48BF2N3O5. The fourth-order valence-corrected chi connectivity index (χ4v) is 5.73. The van der Waals surface area contributed by atoms with Gasteiger partial charge in [-0.25, -0.2) is 13.6 Å². The summed E-state index contributed by atoms with van der Waals surface area (Å²) in [6.45, 7) is 15.9. The molecule has 2 aromatic carbocycles. The van der Waals surface area contributed by atoms with Gasteiger partial charge >= 0.3 is 13.1 Å². The molecule has 2 fully saturated rings. The van der Waals surface area contributed by atoms with E-state index in [9.17, 15) is 23.2 Å². The van der Waals surface area contributed by atoms with Gasteiger partial charge in [0.05, 0.1) is 30.2 Å². The largest absolute Gasteiger partial charge is 0.481 e. The van der Waals surface area contributed by atoms with E-state index < -0.39 is 48.0 Å². The first-order valence-corrected chi connectivity index (χ1v) is 16.6. The van der Waals surface area contributed by atoms with E-state index >= 15 is 0 Å². The van der Waals surface area contributed by atoms with Gasteiger partial charge in [0.15, 0.2) is 5.78 Å². The quantitative estimate of drug-likeness (QED) is 0.221. The van der Waals surface area contributed by atoms with Crippen LogP contribution in [0.5, 0.6) is 0 Å². The van der Waals surface area contributed by atoms with Gasteiger partial charge in [0.25, 0.3) is 0 Å². The molecule has 2 aliphatic rings. The second-order valence-corrected chi connectivity index (χ2v) is 14.6. The molecule has 4 rings (SSSR count). The Morgan fingerprint density at radius 1 is 0.792 bits per heavy atom. The van der Waals surface area contributed by atoms with E-state index in [-0.39, 0.29) is 36.6 Å². The molecular weight excluding hydrogens is 615 g/mol. The minimum atomic E-state index is -0.874. The standard InChI is InChI=1S/C37H48BF2N3O5/c1-23(2)17-31(34(45)42-32(18-24(3)4)38-47-36(5,6)37(7,8)48-38)41-35(46)43-21-27(19-25-9-13-29(39)14-10-25)33(44)28(22-43)20-26-11-15-30(40)16-12-26/h9-16,19-20,23-24,31-32H,17-18,21-22H2,1-8H3,(H,41,46)(H,42,45)/b27-19+,28-20+/t31-,32-/m0/s1. The SMILES string of the molecule is CC(C)C[C@H](NC(=O)[C@H](CC(C)C)NC(=O)N1C/C(=C\c2ccc(F)cc2)C(=O)/C(=C/c2ccc(F)cc2)C1)B1OC(C)(C)C(C)(C)O1. The second kappa shape index (κ2) is 15.2. The van der Waals surface area contributed by atoms with Gasteiger partial charge in [-0.15, -0.1) is 0 Å². The van der Waals surface area contributed by atoms with E-state index in [0.717, 1.165) is 0 Å². The molecule has 11 heteroatoms. The van der Waals surface area contributed by atoms with E-state index in [1.165, 1.54) is 29.2 Å². The third-order valence-corrected chi connectivity index (χ3v) is 8.99. The lowest BCUT2D eigenvalue weighted by Crippen LogP contribution is -2.57. The number of rotatable bonds is 10. The number of nitrogens with zero attached hydrogens (tertiary/aromatic N) is 1. The number of hydrogen-bond acceptors (Lipinski definition) is 5. The van der Waals surface area contributed by atoms with Crippen molar-refractivity contribution < 1.29 is 32.5 Å². The predicted molar refractivity (Wildman–Crippen MR) is 185 cm³/mol. The van der Waals surface area contributed by atoms with Crippen LogP contribution in [0.3, 0.4) is 0 Å². The molecule has 0 radical (unpaired) electrons. The van der Waals surface area contributed by atoms with Crippen molar-refractivity contribution in [1.29, 1.82) is 0 Å². The maximum Gasteiger partial charge on any atom is 0.481 e. The van der Waals surface area contributed by atoms with Crippen molar-refractivity contribution in [3.05, 3.63) is 82.4 Å². The van der Waals surface area contributed by atoms with Crippen LogP contribution in [0.1, 0.15) is 79.4 Å². The summed E-state index contributed by atoms with van der Waals surface area (Å²) in [4.78, 5) is 42.9. The molecule has 2 aliphatic heterocycles. The Morgan fingerprint density at radius 3 is 1.65 bits per heavy atom. The van der Waals surface area contributed by atoms with Crippen molar-refractivity contribution in [3.8, 4) is 0 Å². The number of benzene rings is 2. The van der Waals surface area contributed by atoms with Crippen LogP contribution in [0.15, 0.2) is 59.7 Å². The van der Waals surface area contributed by atoms with Gasteiger partial charge in [0, 0.05) is 11.1 Å². The summed E-state index contributed by atoms with van der Waals surface area (Å²) in [6, 6.07) is 9.99. The monoisotopic (exact) mass is 663 g/mol. The van der Waals surface area contributed by atoms with Crippen LogP contribution in [-0.2, 0) is 18.9 Å². The number of halogens is 2. The summed E-state index contributed by atoms with van der Waals surface area (Å²) < 4.78 is 39.8. The molecule has 2 saturated heterocycles. The minimum absolute atomic E-state index is 0.0251. The third kappa shape index (κ3) is 9.41. The number of hydrogen-bond donors (Lipinski definition) is 2. The average Bonchev–Trinajstić information content (AvgIpc) is 3.22. The molecule has 3 amide bonds. The van der Waals surface area contributed by atoms with E-state index in [4.69, 9.17) is 9.31 Å². The number of likely N-dealkylation sites (tertiary alicyclic amines) is 1. The van der Waals surface area contributed by atoms with Crippen LogP contribution in [-0.4, -0.2) is 66.0 Å². The normalized spacial score (nSPS) is 20.5. The number of nitrogens with one attached hydrogen (secondary N) is 2. The lowest BCUT2D eigenvalue weighted by Gasteiger charge is -2.32. The summed E-state index contributed by atoms with van der Waals surface area (Å²) in [7, 11) is -0.664. The fraction of sp³-hybridized carbons (Fsp3) is 0.486. The number of amides is 3. The second-order valence-electron chi connectivity index (χ2n) is 14.6. The topological polar surface area (TPSA) is 97.0 Å². The van der Waals surface area contributed by atoms with Gasteiger partial charge in [-0.05, 0) is 99.9 Å². The highest BCUT2D eigenvalue weighted by Crippen LogP contribution is 2.38. The molecule has 2 aromatic rings. The molecule has 48 heavy (non-hydrogen) atoms.